The largest absolute Gasteiger partial charge is 0.389 e. The Labute approximate surface area is 91.4 Å². The summed E-state index contributed by atoms with van der Waals surface area (Å²) < 4.78 is 0. The van der Waals surface area contributed by atoms with E-state index < -0.39 is 0 Å². The average Bonchev–Trinajstić information content (AvgIpc) is 2.29. The van der Waals surface area contributed by atoms with Crippen LogP contribution in [0.5, 0.6) is 0 Å². The van der Waals surface area contributed by atoms with E-state index in [9.17, 15) is 5.11 Å². The topological polar surface area (TPSA) is 20.2 Å². The van der Waals surface area contributed by atoms with Gasteiger partial charge in [0.25, 0.3) is 0 Å². The van der Waals surface area contributed by atoms with Gasteiger partial charge in [-0.15, -0.1) is 0 Å². The molecular weight excluding hydrogens is 184 g/mol. The highest BCUT2D eigenvalue weighted by Gasteiger charge is 2.12. The number of aryl methyl sites for hydroxylation is 1. The minimum absolute atomic E-state index is 0.237. The number of rotatable bonds is 2. The quantitative estimate of drug-likeness (QED) is 0.781. The molecule has 1 unspecified atom stereocenters. The zero-order valence-corrected chi connectivity index (χ0v) is 9.24. The molecule has 1 heteroatoms. The lowest BCUT2D eigenvalue weighted by atomic mass is 9.91. The summed E-state index contributed by atoms with van der Waals surface area (Å²) >= 11 is 0. The van der Waals surface area contributed by atoms with Gasteiger partial charge in [0.1, 0.15) is 0 Å². The molecule has 1 N–H and O–H groups in total. The van der Waals surface area contributed by atoms with E-state index in [1.165, 1.54) is 16.7 Å². The van der Waals surface area contributed by atoms with Crippen LogP contribution in [0.25, 0.3) is 5.57 Å². The maximum absolute atomic E-state index is 9.59. The number of allylic oxidation sites excluding steroid dienone is 1. The Kier molecular flexibility index (Phi) is 3.22. The van der Waals surface area contributed by atoms with Crippen molar-refractivity contribution in [1.82, 2.24) is 0 Å². The third kappa shape index (κ3) is 2.48. The predicted octanol–water partition coefficient (Wildman–Crippen LogP) is 3.18. The molecular formula is C14H18O. The zero-order chi connectivity index (χ0) is 10.7. The Balaban J connectivity index is 2.28. The Bertz CT molecular complexity index is 365. The van der Waals surface area contributed by atoms with Crippen molar-refractivity contribution in [2.75, 3.05) is 0 Å². The van der Waals surface area contributed by atoms with Crippen LogP contribution >= 0.6 is 0 Å². The highest BCUT2D eigenvalue weighted by molar-refractivity contribution is 5.67. The van der Waals surface area contributed by atoms with Crippen LogP contribution in [0, 0.1) is 0 Å². The van der Waals surface area contributed by atoms with E-state index in [2.05, 4.69) is 31.2 Å². The maximum Gasteiger partial charge on any atom is 0.0726 e. The van der Waals surface area contributed by atoms with Gasteiger partial charge in [-0.1, -0.05) is 37.3 Å². The molecule has 0 heterocycles. The van der Waals surface area contributed by atoms with Gasteiger partial charge in [-0.3, -0.25) is 0 Å². The third-order valence-electron chi connectivity index (χ3n) is 3.05. The Hall–Kier alpha value is -1.08. The van der Waals surface area contributed by atoms with Gasteiger partial charge in [-0.05, 0) is 42.4 Å². The van der Waals surface area contributed by atoms with Gasteiger partial charge in [-0.25, -0.2) is 0 Å². The number of benzene rings is 1. The summed E-state index contributed by atoms with van der Waals surface area (Å²) in [4.78, 5) is 0. The standard InChI is InChI=1S/C14H18O/c1-2-11-5-3-6-12(9-11)13-7-4-8-14(15)10-13/h3,5-6,9-10,14-15H,2,4,7-8H2,1H3. The maximum atomic E-state index is 9.59. The van der Waals surface area contributed by atoms with Crippen molar-refractivity contribution in [1.29, 1.82) is 0 Å². The summed E-state index contributed by atoms with van der Waals surface area (Å²) in [5.41, 5.74) is 3.96. The van der Waals surface area contributed by atoms with Crippen molar-refractivity contribution < 1.29 is 5.11 Å². The van der Waals surface area contributed by atoms with Crippen molar-refractivity contribution in [3.8, 4) is 0 Å². The highest BCUT2D eigenvalue weighted by Crippen LogP contribution is 2.27. The molecule has 1 aromatic carbocycles. The molecule has 0 radical (unpaired) electrons. The van der Waals surface area contributed by atoms with Crippen molar-refractivity contribution in [3.05, 3.63) is 41.5 Å². The summed E-state index contributed by atoms with van der Waals surface area (Å²) in [6.45, 7) is 2.17. The first-order valence-corrected chi connectivity index (χ1v) is 5.77. The van der Waals surface area contributed by atoms with E-state index in [1.807, 2.05) is 6.08 Å². The SMILES string of the molecule is CCc1cccc(C2=CC(O)CCC2)c1. The number of aliphatic hydroxyl groups is 1. The molecule has 80 valence electrons. The second-order valence-electron chi connectivity index (χ2n) is 4.21. The minimum Gasteiger partial charge on any atom is -0.389 e. The average molecular weight is 202 g/mol. The summed E-state index contributed by atoms with van der Waals surface area (Å²) in [5.74, 6) is 0. The molecule has 0 saturated heterocycles. The van der Waals surface area contributed by atoms with Crippen LogP contribution in [0.2, 0.25) is 0 Å². The first-order valence-electron chi connectivity index (χ1n) is 5.77. The molecule has 1 atom stereocenters. The second kappa shape index (κ2) is 4.63. The van der Waals surface area contributed by atoms with E-state index in [0.717, 1.165) is 25.7 Å². The molecule has 1 aliphatic rings. The zero-order valence-electron chi connectivity index (χ0n) is 9.24. The van der Waals surface area contributed by atoms with E-state index in [1.54, 1.807) is 0 Å². The minimum atomic E-state index is -0.237. The highest BCUT2D eigenvalue weighted by atomic mass is 16.3. The lowest BCUT2D eigenvalue weighted by Gasteiger charge is -2.17. The molecule has 0 saturated carbocycles. The smallest absolute Gasteiger partial charge is 0.0726 e. The Morgan fingerprint density at radius 2 is 2.27 bits per heavy atom. The van der Waals surface area contributed by atoms with Crippen molar-refractivity contribution in [3.63, 3.8) is 0 Å². The van der Waals surface area contributed by atoms with Crippen LogP contribution in [0.3, 0.4) is 0 Å². The first kappa shape index (κ1) is 10.4. The van der Waals surface area contributed by atoms with Gasteiger partial charge in [-0.2, -0.15) is 0 Å². The van der Waals surface area contributed by atoms with Crippen molar-refractivity contribution in [2.24, 2.45) is 0 Å². The summed E-state index contributed by atoms with van der Waals surface area (Å²) in [6, 6.07) is 8.65. The molecule has 0 spiro atoms. The number of hydrogen-bond acceptors (Lipinski definition) is 1. The molecule has 0 bridgehead atoms. The number of aliphatic hydroxyl groups excluding tert-OH is 1. The summed E-state index contributed by atoms with van der Waals surface area (Å²) in [5, 5.41) is 9.59. The molecule has 0 aromatic heterocycles. The van der Waals surface area contributed by atoms with Gasteiger partial charge >= 0.3 is 0 Å². The molecule has 0 aliphatic heterocycles. The van der Waals surface area contributed by atoms with Crippen LogP contribution in [0.4, 0.5) is 0 Å². The molecule has 15 heavy (non-hydrogen) atoms. The molecule has 1 nitrogen and oxygen atoms in total. The van der Waals surface area contributed by atoms with Gasteiger partial charge in [0.05, 0.1) is 6.10 Å². The second-order valence-corrected chi connectivity index (χ2v) is 4.21. The first-order chi connectivity index (χ1) is 7.29. The van der Waals surface area contributed by atoms with Crippen LogP contribution in [0.15, 0.2) is 30.3 Å². The Morgan fingerprint density at radius 1 is 1.40 bits per heavy atom. The normalized spacial score (nSPS) is 21.2. The fraction of sp³-hybridized carbons (Fsp3) is 0.429. The van der Waals surface area contributed by atoms with E-state index in [-0.39, 0.29) is 6.10 Å². The van der Waals surface area contributed by atoms with Crippen LogP contribution in [-0.2, 0) is 6.42 Å². The fourth-order valence-electron chi connectivity index (χ4n) is 2.13. The van der Waals surface area contributed by atoms with Gasteiger partial charge in [0, 0.05) is 0 Å². The van der Waals surface area contributed by atoms with Crippen molar-refractivity contribution >= 4 is 5.57 Å². The number of hydrogen-bond donors (Lipinski definition) is 1. The third-order valence-corrected chi connectivity index (χ3v) is 3.05. The van der Waals surface area contributed by atoms with Gasteiger partial charge in [0.2, 0.25) is 0 Å². The van der Waals surface area contributed by atoms with E-state index in [0.29, 0.717) is 0 Å². The predicted molar refractivity (Wildman–Crippen MR) is 63.7 cm³/mol. The molecule has 2 rings (SSSR count). The Morgan fingerprint density at radius 3 is 3.00 bits per heavy atom. The van der Waals surface area contributed by atoms with Gasteiger partial charge < -0.3 is 5.11 Å². The van der Waals surface area contributed by atoms with Gasteiger partial charge in [0.15, 0.2) is 0 Å². The van der Waals surface area contributed by atoms with Crippen molar-refractivity contribution in [2.45, 2.75) is 38.7 Å². The fourth-order valence-corrected chi connectivity index (χ4v) is 2.13. The monoisotopic (exact) mass is 202 g/mol. The van der Waals surface area contributed by atoms with E-state index >= 15 is 0 Å². The van der Waals surface area contributed by atoms with Crippen LogP contribution in [0.1, 0.15) is 37.3 Å². The van der Waals surface area contributed by atoms with E-state index in [4.69, 9.17) is 0 Å². The molecule has 1 aromatic rings. The molecule has 1 aliphatic carbocycles. The van der Waals surface area contributed by atoms with Crippen LogP contribution < -0.4 is 0 Å². The lowest BCUT2D eigenvalue weighted by molar-refractivity contribution is 0.206. The molecule has 0 amide bonds. The lowest BCUT2D eigenvalue weighted by Crippen LogP contribution is -2.08. The molecule has 0 fully saturated rings. The summed E-state index contributed by atoms with van der Waals surface area (Å²) in [7, 11) is 0. The summed E-state index contributed by atoms with van der Waals surface area (Å²) in [6.07, 6.45) is 5.96. The van der Waals surface area contributed by atoms with Crippen LogP contribution in [-0.4, -0.2) is 11.2 Å².